The number of hydrogen-bond acceptors (Lipinski definition) is 3. The third kappa shape index (κ3) is 3.66. The van der Waals surface area contributed by atoms with Crippen LogP contribution in [0, 0.1) is 25.7 Å². The normalized spacial score (nSPS) is 9.90. The summed E-state index contributed by atoms with van der Waals surface area (Å²) in [5, 5.41) is 3.32. The van der Waals surface area contributed by atoms with E-state index in [1.165, 1.54) is 0 Å². The number of nitrogens with one attached hydrogen (secondary N) is 1. The summed E-state index contributed by atoms with van der Waals surface area (Å²) in [5.74, 6) is 6.66. The lowest BCUT2D eigenvalue weighted by molar-refractivity contribution is 0.102. The minimum atomic E-state index is -0.262. The van der Waals surface area contributed by atoms with Gasteiger partial charge >= 0.3 is 0 Å². The van der Waals surface area contributed by atoms with Crippen LogP contribution in [0.25, 0.3) is 0 Å². The fraction of sp³-hybridized carbons (Fsp3) is 0.188. The molecule has 0 aliphatic heterocycles. The van der Waals surface area contributed by atoms with Crippen LogP contribution in [0.15, 0.2) is 28.7 Å². The second-order valence-electron chi connectivity index (χ2n) is 4.48. The molecule has 1 aromatic carbocycles. The van der Waals surface area contributed by atoms with Crippen LogP contribution in [0.4, 0.5) is 5.69 Å². The summed E-state index contributed by atoms with van der Waals surface area (Å²) in [4.78, 5) is 12.3. The van der Waals surface area contributed by atoms with Gasteiger partial charge in [0, 0.05) is 10.6 Å². The number of halogens is 1. The number of nitrogens with two attached hydrogens (primary N) is 1. The zero-order valence-electron chi connectivity index (χ0n) is 11.8. The fourth-order valence-electron chi connectivity index (χ4n) is 1.92. The second kappa shape index (κ2) is 6.49. The first-order valence-electron chi connectivity index (χ1n) is 6.38. The molecule has 0 saturated carbocycles. The van der Waals surface area contributed by atoms with E-state index in [0.717, 1.165) is 0 Å². The van der Waals surface area contributed by atoms with Crippen LogP contribution in [-0.2, 0) is 0 Å². The molecule has 0 aliphatic carbocycles. The van der Waals surface area contributed by atoms with Gasteiger partial charge in [-0.3, -0.25) is 4.79 Å². The van der Waals surface area contributed by atoms with Crippen LogP contribution >= 0.6 is 11.6 Å². The molecule has 0 bridgehead atoms. The van der Waals surface area contributed by atoms with E-state index in [9.17, 15) is 4.79 Å². The highest BCUT2D eigenvalue weighted by Gasteiger charge is 2.15. The molecule has 0 fully saturated rings. The van der Waals surface area contributed by atoms with E-state index in [2.05, 4.69) is 17.2 Å². The molecule has 5 heteroatoms. The van der Waals surface area contributed by atoms with E-state index in [4.69, 9.17) is 21.8 Å². The van der Waals surface area contributed by atoms with Crippen LogP contribution in [-0.4, -0.2) is 12.5 Å². The van der Waals surface area contributed by atoms with Gasteiger partial charge in [-0.15, -0.1) is 0 Å². The Balaban J connectivity index is 2.32. The van der Waals surface area contributed by atoms with Gasteiger partial charge in [0.15, 0.2) is 0 Å². The van der Waals surface area contributed by atoms with E-state index < -0.39 is 0 Å². The molecule has 0 atom stereocenters. The second-order valence-corrected chi connectivity index (χ2v) is 4.91. The molecule has 108 valence electrons. The first-order chi connectivity index (χ1) is 10.0. The molecule has 0 spiro atoms. The SMILES string of the molecule is Cc1cc(C(=O)Nc2cc(Cl)ccc2C#CCN)c(C)o1. The van der Waals surface area contributed by atoms with E-state index >= 15 is 0 Å². The first-order valence-corrected chi connectivity index (χ1v) is 6.76. The molecule has 1 amide bonds. The number of benzene rings is 1. The van der Waals surface area contributed by atoms with E-state index in [0.29, 0.717) is 33.4 Å². The van der Waals surface area contributed by atoms with Crippen LogP contribution in [0.1, 0.15) is 27.4 Å². The zero-order valence-corrected chi connectivity index (χ0v) is 12.5. The van der Waals surface area contributed by atoms with Crippen molar-refractivity contribution in [2.75, 3.05) is 11.9 Å². The number of carbonyl (C=O) groups excluding carboxylic acids is 1. The third-order valence-corrected chi connectivity index (χ3v) is 3.08. The summed E-state index contributed by atoms with van der Waals surface area (Å²) in [7, 11) is 0. The lowest BCUT2D eigenvalue weighted by atomic mass is 10.1. The monoisotopic (exact) mass is 302 g/mol. The lowest BCUT2D eigenvalue weighted by Crippen LogP contribution is -2.13. The van der Waals surface area contributed by atoms with Crippen LogP contribution in [0.2, 0.25) is 5.02 Å². The maximum Gasteiger partial charge on any atom is 0.259 e. The van der Waals surface area contributed by atoms with Crippen molar-refractivity contribution in [2.45, 2.75) is 13.8 Å². The molecular weight excluding hydrogens is 288 g/mol. The van der Waals surface area contributed by atoms with Crippen molar-refractivity contribution >= 4 is 23.2 Å². The van der Waals surface area contributed by atoms with Crippen molar-refractivity contribution in [3.8, 4) is 11.8 Å². The average Bonchev–Trinajstić information content (AvgIpc) is 2.77. The van der Waals surface area contributed by atoms with E-state index in [1.807, 2.05) is 0 Å². The Morgan fingerprint density at radius 2 is 2.14 bits per heavy atom. The number of rotatable bonds is 2. The van der Waals surface area contributed by atoms with E-state index in [1.54, 1.807) is 38.1 Å². The molecule has 2 rings (SSSR count). The van der Waals surface area contributed by atoms with Gasteiger partial charge in [-0.05, 0) is 38.1 Å². The highest BCUT2D eigenvalue weighted by molar-refractivity contribution is 6.31. The summed E-state index contributed by atoms with van der Waals surface area (Å²) in [6.45, 7) is 3.78. The number of carbonyl (C=O) groups is 1. The molecule has 1 aromatic heterocycles. The maximum atomic E-state index is 12.3. The van der Waals surface area contributed by atoms with Gasteiger partial charge in [-0.1, -0.05) is 23.4 Å². The summed E-state index contributed by atoms with van der Waals surface area (Å²) >= 11 is 5.97. The zero-order chi connectivity index (χ0) is 15.4. The molecule has 0 aliphatic rings. The first kappa shape index (κ1) is 15.2. The van der Waals surface area contributed by atoms with Crippen molar-refractivity contribution < 1.29 is 9.21 Å². The van der Waals surface area contributed by atoms with Gasteiger partial charge < -0.3 is 15.5 Å². The molecule has 1 heterocycles. The van der Waals surface area contributed by atoms with Crippen LogP contribution in [0.5, 0.6) is 0 Å². The minimum Gasteiger partial charge on any atom is -0.466 e. The third-order valence-electron chi connectivity index (χ3n) is 2.84. The number of furan rings is 1. The fourth-order valence-corrected chi connectivity index (χ4v) is 2.09. The predicted molar refractivity (Wildman–Crippen MR) is 83.5 cm³/mol. The van der Waals surface area contributed by atoms with Gasteiger partial charge in [0.2, 0.25) is 0 Å². The Hall–Kier alpha value is -2.22. The van der Waals surface area contributed by atoms with E-state index in [-0.39, 0.29) is 12.5 Å². The van der Waals surface area contributed by atoms with Gasteiger partial charge in [0.05, 0.1) is 17.8 Å². The number of anilines is 1. The van der Waals surface area contributed by atoms with Crippen molar-refractivity contribution in [1.82, 2.24) is 0 Å². The Morgan fingerprint density at radius 1 is 1.38 bits per heavy atom. The Morgan fingerprint density at radius 3 is 2.76 bits per heavy atom. The average molecular weight is 303 g/mol. The number of amides is 1. The maximum absolute atomic E-state index is 12.3. The Kier molecular flexibility index (Phi) is 4.69. The Bertz CT molecular complexity index is 738. The summed E-state index contributed by atoms with van der Waals surface area (Å²) in [5.41, 5.74) is 7.07. The molecule has 3 N–H and O–H groups in total. The summed E-state index contributed by atoms with van der Waals surface area (Å²) in [6, 6.07) is 6.81. The van der Waals surface area contributed by atoms with Crippen molar-refractivity contribution in [3.05, 3.63) is 51.9 Å². The van der Waals surface area contributed by atoms with Crippen LogP contribution in [0.3, 0.4) is 0 Å². The molecule has 0 unspecified atom stereocenters. The van der Waals surface area contributed by atoms with Gasteiger partial charge in [0.1, 0.15) is 11.5 Å². The van der Waals surface area contributed by atoms with Crippen molar-refractivity contribution in [1.29, 1.82) is 0 Å². The largest absolute Gasteiger partial charge is 0.466 e. The molecule has 0 saturated heterocycles. The molecule has 0 radical (unpaired) electrons. The quantitative estimate of drug-likeness (QED) is 0.838. The summed E-state index contributed by atoms with van der Waals surface area (Å²) < 4.78 is 5.36. The number of aryl methyl sites for hydroxylation is 2. The Labute approximate surface area is 128 Å². The standard InChI is InChI=1S/C16H15ClN2O2/c1-10-8-14(11(2)21-10)16(20)19-15-9-13(17)6-5-12(15)4-3-7-18/h5-6,8-9H,7,18H2,1-2H3,(H,19,20). The smallest absolute Gasteiger partial charge is 0.259 e. The predicted octanol–water partition coefficient (Wildman–Crippen LogP) is 3.11. The van der Waals surface area contributed by atoms with Crippen LogP contribution < -0.4 is 11.1 Å². The van der Waals surface area contributed by atoms with Crippen molar-refractivity contribution in [2.24, 2.45) is 5.73 Å². The molecule has 21 heavy (non-hydrogen) atoms. The highest BCUT2D eigenvalue weighted by Crippen LogP contribution is 2.22. The lowest BCUT2D eigenvalue weighted by Gasteiger charge is -2.07. The molecular formula is C16H15ClN2O2. The topological polar surface area (TPSA) is 68.3 Å². The van der Waals surface area contributed by atoms with Crippen molar-refractivity contribution in [3.63, 3.8) is 0 Å². The van der Waals surface area contributed by atoms with Gasteiger partial charge in [-0.2, -0.15) is 0 Å². The minimum absolute atomic E-state index is 0.246. The highest BCUT2D eigenvalue weighted by atomic mass is 35.5. The van der Waals surface area contributed by atoms with Gasteiger partial charge in [0.25, 0.3) is 5.91 Å². The molecule has 2 aromatic rings. The number of hydrogen-bond donors (Lipinski definition) is 2. The van der Waals surface area contributed by atoms with Gasteiger partial charge in [-0.25, -0.2) is 0 Å². The summed E-state index contributed by atoms with van der Waals surface area (Å²) in [6.07, 6.45) is 0. The molecule has 4 nitrogen and oxygen atoms in total.